The first-order valence-electron chi connectivity index (χ1n) is 10.5. The highest BCUT2D eigenvalue weighted by Crippen LogP contribution is 2.42. The zero-order chi connectivity index (χ0) is 22.0. The predicted molar refractivity (Wildman–Crippen MR) is 120 cm³/mol. The smallest absolute Gasteiger partial charge is 0.222 e. The topological polar surface area (TPSA) is 55.8 Å². The Morgan fingerprint density at radius 1 is 1.13 bits per heavy atom. The first-order valence-corrected chi connectivity index (χ1v) is 11.3. The van der Waals surface area contributed by atoms with Gasteiger partial charge in [-0.05, 0) is 55.3 Å². The first-order chi connectivity index (χ1) is 14.8. The molecule has 1 spiro atoms. The molecule has 2 aliphatic rings. The van der Waals surface area contributed by atoms with Crippen LogP contribution >= 0.6 is 23.2 Å². The van der Waals surface area contributed by atoms with Crippen molar-refractivity contribution in [1.82, 2.24) is 4.90 Å². The van der Waals surface area contributed by atoms with Gasteiger partial charge in [-0.25, -0.2) is 0 Å². The van der Waals surface area contributed by atoms with Gasteiger partial charge in [-0.1, -0.05) is 23.2 Å². The number of benzene rings is 2. The second-order valence-corrected chi connectivity index (χ2v) is 9.14. The van der Waals surface area contributed by atoms with Crippen molar-refractivity contribution in [3.8, 4) is 11.5 Å². The van der Waals surface area contributed by atoms with Crippen molar-refractivity contribution < 1.29 is 19.1 Å². The van der Waals surface area contributed by atoms with Gasteiger partial charge in [-0.2, -0.15) is 0 Å². The monoisotopic (exact) mass is 461 g/mol. The van der Waals surface area contributed by atoms with Crippen LogP contribution in [0.4, 0.5) is 0 Å². The number of carbonyl (C=O) groups excluding carboxylic acids is 2. The van der Waals surface area contributed by atoms with Gasteiger partial charge in [0.05, 0.1) is 18.6 Å². The van der Waals surface area contributed by atoms with Gasteiger partial charge in [0, 0.05) is 42.4 Å². The van der Waals surface area contributed by atoms with E-state index in [1.807, 2.05) is 30.0 Å². The minimum Gasteiger partial charge on any atom is -0.494 e. The highest BCUT2D eigenvalue weighted by molar-refractivity contribution is 6.31. The molecule has 1 fully saturated rings. The molecule has 0 aliphatic carbocycles. The number of hydrogen-bond donors (Lipinski definition) is 0. The molecule has 2 aliphatic heterocycles. The van der Waals surface area contributed by atoms with Crippen molar-refractivity contribution >= 4 is 34.9 Å². The molecule has 2 heterocycles. The molecule has 0 bridgehead atoms. The van der Waals surface area contributed by atoms with E-state index in [1.54, 1.807) is 18.2 Å². The Morgan fingerprint density at radius 3 is 2.55 bits per heavy atom. The van der Waals surface area contributed by atoms with Gasteiger partial charge in [-0.3, -0.25) is 9.59 Å². The van der Waals surface area contributed by atoms with Crippen molar-refractivity contribution in [3.05, 3.63) is 57.6 Å². The molecule has 31 heavy (non-hydrogen) atoms. The number of aryl methyl sites for hydroxylation is 1. The van der Waals surface area contributed by atoms with Crippen LogP contribution in [-0.2, 0) is 4.79 Å². The zero-order valence-corrected chi connectivity index (χ0v) is 19.0. The number of hydrogen-bond acceptors (Lipinski definition) is 4. The molecule has 7 heteroatoms. The number of amides is 1. The lowest BCUT2D eigenvalue weighted by molar-refractivity contribution is -0.135. The van der Waals surface area contributed by atoms with Crippen LogP contribution in [0.2, 0.25) is 10.0 Å². The van der Waals surface area contributed by atoms with E-state index in [0.717, 1.165) is 11.3 Å². The Balaban J connectivity index is 1.27. The van der Waals surface area contributed by atoms with E-state index in [9.17, 15) is 9.59 Å². The average molecular weight is 462 g/mol. The van der Waals surface area contributed by atoms with E-state index in [1.165, 1.54) is 0 Å². The van der Waals surface area contributed by atoms with E-state index < -0.39 is 5.60 Å². The van der Waals surface area contributed by atoms with Crippen LogP contribution in [0.3, 0.4) is 0 Å². The number of carbonyl (C=O) groups is 2. The molecule has 2 aromatic carbocycles. The van der Waals surface area contributed by atoms with E-state index in [2.05, 4.69) is 0 Å². The maximum absolute atomic E-state index is 12.7. The molecule has 0 aromatic heterocycles. The van der Waals surface area contributed by atoms with Crippen molar-refractivity contribution in [1.29, 1.82) is 0 Å². The Labute approximate surface area is 192 Å². The van der Waals surface area contributed by atoms with Gasteiger partial charge >= 0.3 is 0 Å². The van der Waals surface area contributed by atoms with Crippen LogP contribution in [0.25, 0.3) is 0 Å². The summed E-state index contributed by atoms with van der Waals surface area (Å²) in [5, 5.41) is 1.21. The van der Waals surface area contributed by atoms with Gasteiger partial charge in [0.25, 0.3) is 0 Å². The van der Waals surface area contributed by atoms with Crippen molar-refractivity contribution in [3.63, 3.8) is 0 Å². The number of rotatable bonds is 5. The Hall–Kier alpha value is -2.24. The summed E-state index contributed by atoms with van der Waals surface area (Å²) in [6, 6.07) is 10.7. The summed E-state index contributed by atoms with van der Waals surface area (Å²) >= 11 is 12.0. The SMILES string of the molecule is Cc1cc(Cl)cc2c1OC1(CCN(C(=O)CCCOc3ccc(Cl)cc3)CC1)CC2=O. The zero-order valence-electron chi connectivity index (χ0n) is 17.5. The third kappa shape index (κ3) is 4.99. The van der Waals surface area contributed by atoms with Crippen LogP contribution in [0, 0.1) is 6.92 Å². The van der Waals surface area contributed by atoms with Gasteiger partial charge < -0.3 is 14.4 Å². The molecule has 164 valence electrons. The molecule has 5 nitrogen and oxygen atoms in total. The number of likely N-dealkylation sites (tertiary alicyclic amines) is 1. The first kappa shape index (κ1) is 22.0. The number of fused-ring (bicyclic) bond motifs is 1. The highest BCUT2D eigenvalue weighted by Gasteiger charge is 2.44. The largest absolute Gasteiger partial charge is 0.494 e. The molecule has 2 aromatic rings. The third-order valence-corrected chi connectivity index (χ3v) is 6.46. The van der Waals surface area contributed by atoms with E-state index in [0.29, 0.717) is 73.2 Å². The predicted octanol–water partition coefficient (Wildman–Crippen LogP) is 5.49. The number of nitrogens with zero attached hydrogens (tertiary/aromatic N) is 1. The minimum atomic E-state index is -0.531. The van der Waals surface area contributed by atoms with Gasteiger partial charge in [0.1, 0.15) is 17.1 Å². The average Bonchev–Trinajstić information content (AvgIpc) is 2.74. The van der Waals surface area contributed by atoms with E-state index in [4.69, 9.17) is 32.7 Å². The van der Waals surface area contributed by atoms with Gasteiger partial charge in [0.15, 0.2) is 5.78 Å². The summed E-state index contributed by atoms with van der Waals surface area (Å²) in [4.78, 5) is 27.2. The van der Waals surface area contributed by atoms with Crippen LogP contribution < -0.4 is 9.47 Å². The quantitative estimate of drug-likeness (QED) is 0.552. The van der Waals surface area contributed by atoms with Gasteiger partial charge in [0.2, 0.25) is 5.91 Å². The summed E-state index contributed by atoms with van der Waals surface area (Å²) in [5.41, 5.74) is 0.904. The lowest BCUT2D eigenvalue weighted by Gasteiger charge is -2.44. The number of Topliss-reactive ketones (excluding diaryl/α,β-unsaturated/α-hetero) is 1. The molecule has 0 saturated carbocycles. The number of ether oxygens (including phenoxy) is 2. The Bertz CT molecular complexity index is 982. The molecule has 4 rings (SSSR count). The standard InChI is InChI=1S/C24H25Cl2NO4/c1-16-13-18(26)14-20-21(28)15-24(31-23(16)20)8-10-27(11-9-24)22(29)3-2-12-30-19-6-4-17(25)5-7-19/h4-7,13-14H,2-3,8-12,15H2,1H3. The van der Waals surface area contributed by atoms with Crippen molar-refractivity contribution in [2.75, 3.05) is 19.7 Å². The van der Waals surface area contributed by atoms with E-state index in [-0.39, 0.29) is 11.7 Å². The number of piperidine rings is 1. The minimum absolute atomic E-state index is 0.0611. The fraction of sp³-hybridized carbons (Fsp3) is 0.417. The molecule has 0 atom stereocenters. The molecule has 1 amide bonds. The highest BCUT2D eigenvalue weighted by atomic mass is 35.5. The fourth-order valence-corrected chi connectivity index (χ4v) is 4.66. The Kier molecular flexibility index (Phi) is 6.44. The summed E-state index contributed by atoms with van der Waals surface area (Å²) in [7, 11) is 0. The van der Waals surface area contributed by atoms with Crippen LogP contribution in [0.15, 0.2) is 36.4 Å². The van der Waals surface area contributed by atoms with Crippen molar-refractivity contribution in [2.24, 2.45) is 0 Å². The third-order valence-electron chi connectivity index (χ3n) is 5.99. The summed E-state index contributed by atoms with van der Waals surface area (Å²) in [5.74, 6) is 1.55. The van der Waals surface area contributed by atoms with Gasteiger partial charge in [-0.15, -0.1) is 0 Å². The van der Waals surface area contributed by atoms with E-state index >= 15 is 0 Å². The second kappa shape index (κ2) is 9.09. The summed E-state index contributed by atoms with van der Waals surface area (Å²) in [6.45, 7) is 3.56. The lowest BCUT2D eigenvalue weighted by Crippen LogP contribution is -2.52. The molecular formula is C24H25Cl2NO4. The molecule has 0 N–H and O–H groups in total. The second-order valence-electron chi connectivity index (χ2n) is 8.27. The van der Waals surface area contributed by atoms with Crippen molar-refractivity contribution in [2.45, 2.75) is 44.6 Å². The van der Waals surface area contributed by atoms with Crippen LogP contribution in [0.1, 0.15) is 48.0 Å². The summed E-state index contributed by atoms with van der Waals surface area (Å²) in [6.07, 6.45) is 2.70. The van der Waals surface area contributed by atoms with Crippen LogP contribution in [-0.4, -0.2) is 41.9 Å². The normalized spacial score (nSPS) is 17.3. The fourth-order valence-electron chi connectivity index (χ4n) is 4.26. The molecular weight excluding hydrogens is 437 g/mol. The maximum Gasteiger partial charge on any atom is 0.222 e. The Morgan fingerprint density at radius 2 is 1.84 bits per heavy atom. The maximum atomic E-state index is 12.7. The number of halogens is 2. The molecule has 1 saturated heterocycles. The summed E-state index contributed by atoms with van der Waals surface area (Å²) < 4.78 is 12.0. The lowest BCUT2D eigenvalue weighted by atomic mass is 9.82. The number of ketones is 1. The molecule has 0 radical (unpaired) electrons. The molecule has 0 unspecified atom stereocenters. The van der Waals surface area contributed by atoms with Crippen LogP contribution in [0.5, 0.6) is 11.5 Å².